The summed E-state index contributed by atoms with van der Waals surface area (Å²) in [6.07, 6.45) is -8.58. The van der Waals surface area contributed by atoms with Crippen LogP contribution in [-0.2, 0) is 43.6 Å². The van der Waals surface area contributed by atoms with Crippen LogP contribution < -0.4 is 5.32 Å². The molecule has 1 fully saturated rings. The van der Waals surface area contributed by atoms with Gasteiger partial charge in [-0.3, -0.25) is 9.59 Å². The van der Waals surface area contributed by atoms with Gasteiger partial charge in [-0.2, -0.15) is 13.2 Å². The first-order chi connectivity index (χ1) is 20.4. The van der Waals surface area contributed by atoms with E-state index in [4.69, 9.17) is 14.2 Å². The zero-order chi connectivity index (χ0) is 31.0. The summed E-state index contributed by atoms with van der Waals surface area (Å²) >= 11 is 0. The van der Waals surface area contributed by atoms with Crippen LogP contribution in [0, 0.1) is 0 Å². The summed E-state index contributed by atoms with van der Waals surface area (Å²) in [5, 5.41) is 2.74. The van der Waals surface area contributed by atoms with Gasteiger partial charge < -0.3 is 24.4 Å². The fraction of sp³-hybridized carbons (Fsp3) is 0.394. The number of nitrogens with zero attached hydrogens (tertiary/aromatic N) is 1. The number of ether oxygens (including phenoxy) is 3. The van der Waals surface area contributed by atoms with Gasteiger partial charge in [0, 0.05) is 5.54 Å². The predicted octanol–water partition coefficient (Wildman–Crippen LogP) is 5.43. The van der Waals surface area contributed by atoms with Crippen molar-refractivity contribution < 1.29 is 37.0 Å². The van der Waals surface area contributed by atoms with E-state index in [0.717, 1.165) is 16.7 Å². The Morgan fingerprint density at radius 2 is 1.14 bits per heavy atom. The van der Waals surface area contributed by atoms with Crippen LogP contribution in [0.4, 0.5) is 13.2 Å². The van der Waals surface area contributed by atoms with Gasteiger partial charge in [-0.1, -0.05) is 91.0 Å². The van der Waals surface area contributed by atoms with Gasteiger partial charge >= 0.3 is 12.1 Å². The third-order valence-corrected chi connectivity index (χ3v) is 6.86. The van der Waals surface area contributed by atoms with Crippen molar-refractivity contribution in [2.24, 2.45) is 0 Å². The number of hydrogen-bond donors (Lipinski definition) is 1. The van der Waals surface area contributed by atoms with Crippen molar-refractivity contribution in [3.05, 3.63) is 108 Å². The van der Waals surface area contributed by atoms with Gasteiger partial charge in [0.15, 0.2) is 0 Å². The second-order valence-electron chi connectivity index (χ2n) is 11.5. The SMILES string of the molecule is CC(C)(C)NC(=O)[C@@H]1[C@@H](OCc2ccccc2)[C@H](OCc2ccccc2)[C@H](OCc2ccccc2)CN1C(=O)C(F)(F)F. The van der Waals surface area contributed by atoms with Crippen LogP contribution in [0.25, 0.3) is 0 Å². The molecule has 1 heterocycles. The normalized spacial score (nSPS) is 20.9. The summed E-state index contributed by atoms with van der Waals surface area (Å²) in [4.78, 5) is 27.2. The first kappa shape index (κ1) is 32.2. The second kappa shape index (κ2) is 14.2. The molecule has 1 saturated heterocycles. The molecule has 1 N–H and O–H groups in total. The molecule has 0 unspecified atom stereocenters. The van der Waals surface area contributed by atoms with E-state index >= 15 is 0 Å². The molecule has 0 spiro atoms. The Kier molecular flexibility index (Phi) is 10.6. The minimum atomic E-state index is -5.23. The van der Waals surface area contributed by atoms with Crippen molar-refractivity contribution in [1.82, 2.24) is 10.2 Å². The molecule has 0 saturated carbocycles. The fourth-order valence-corrected chi connectivity index (χ4v) is 4.93. The number of carbonyl (C=O) groups excluding carboxylic acids is 2. The van der Waals surface area contributed by atoms with E-state index < -0.39 is 54.4 Å². The highest BCUT2D eigenvalue weighted by molar-refractivity contribution is 5.91. The summed E-state index contributed by atoms with van der Waals surface area (Å²) in [7, 11) is 0. The van der Waals surface area contributed by atoms with Gasteiger partial charge in [-0.25, -0.2) is 0 Å². The zero-order valence-corrected chi connectivity index (χ0v) is 24.4. The molecule has 0 radical (unpaired) electrons. The molecule has 1 aliphatic rings. The molecule has 3 aromatic rings. The number of rotatable bonds is 10. The van der Waals surface area contributed by atoms with Crippen LogP contribution in [-0.4, -0.2) is 59.3 Å². The Balaban J connectivity index is 1.75. The highest BCUT2D eigenvalue weighted by atomic mass is 19.4. The molecule has 1 aliphatic heterocycles. The van der Waals surface area contributed by atoms with E-state index in [9.17, 15) is 22.8 Å². The van der Waals surface area contributed by atoms with E-state index in [2.05, 4.69) is 5.32 Å². The summed E-state index contributed by atoms with van der Waals surface area (Å²) in [6, 6.07) is 25.8. The average molecular weight is 599 g/mol. The van der Waals surface area contributed by atoms with E-state index in [1.165, 1.54) is 0 Å². The van der Waals surface area contributed by atoms with Crippen LogP contribution >= 0.6 is 0 Å². The molecule has 230 valence electrons. The lowest BCUT2D eigenvalue weighted by Gasteiger charge is -2.48. The Hall–Kier alpha value is -3.73. The first-order valence-electron chi connectivity index (χ1n) is 14.1. The summed E-state index contributed by atoms with van der Waals surface area (Å²) in [6.45, 7) is 4.70. The van der Waals surface area contributed by atoms with Crippen LogP contribution in [0.5, 0.6) is 0 Å². The number of alkyl halides is 3. The third-order valence-electron chi connectivity index (χ3n) is 6.86. The number of benzene rings is 3. The van der Waals surface area contributed by atoms with Crippen molar-refractivity contribution in [3.63, 3.8) is 0 Å². The molecule has 0 bridgehead atoms. The molecular weight excluding hydrogens is 561 g/mol. The quantitative estimate of drug-likeness (QED) is 0.337. The number of likely N-dealkylation sites (tertiary alicyclic amines) is 1. The second-order valence-corrected chi connectivity index (χ2v) is 11.5. The molecule has 4 rings (SSSR count). The van der Waals surface area contributed by atoms with Gasteiger partial charge in [0.25, 0.3) is 0 Å². The van der Waals surface area contributed by atoms with Gasteiger partial charge in [0.2, 0.25) is 5.91 Å². The van der Waals surface area contributed by atoms with E-state index in [1.807, 2.05) is 66.7 Å². The van der Waals surface area contributed by atoms with Crippen LogP contribution in [0.2, 0.25) is 0 Å². The maximum Gasteiger partial charge on any atom is 0.471 e. The zero-order valence-electron chi connectivity index (χ0n) is 24.4. The van der Waals surface area contributed by atoms with Gasteiger partial charge in [-0.15, -0.1) is 0 Å². The Labute approximate surface area is 249 Å². The lowest BCUT2D eigenvalue weighted by Crippen LogP contribution is -2.70. The van der Waals surface area contributed by atoms with Gasteiger partial charge in [-0.05, 0) is 37.5 Å². The standard InChI is InChI=1S/C33H37F3N2O5/c1-32(2,3)37-30(39)27-29(43-22-25-17-11-6-12-18-25)28(42-21-24-15-9-5-10-16-24)26(19-38(27)31(40)33(34,35)36)41-20-23-13-7-4-8-14-23/h4-18,26-29H,19-22H2,1-3H3,(H,37,39)/t26-,27+,28-,29-/m1/s1. The molecule has 43 heavy (non-hydrogen) atoms. The van der Waals surface area contributed by atoms with Gasteiger partial charge in [0.05, 0.1) is 26.4 Å². The van der Waals surface area contributed by atoms with Crippen molar-refractivity contribution in [1.29, 1.82) is 0 Å². The third kappa shape index (κ3) is 9.13. The molecule has 10 heteroatoms. The number of nitrogens with one attached hydrogen (secondary N) is 1. The summed E-state index contributed by atoms with van der Waals surface area (Å²) < 4.78 is 60.8. The number of halogens is 3. The minimum Gasteiger partial charge on any atom is -0.369 e. The topological polar surface area (TPSA) is 77.1 Å². The van der Waals surface area contributed by atoms with Gasteiger partial charge in [0.1, 0.15) is 24.4 Å². The van der Waals surface area contributed by atoms with Crippen LogP contribution in [0.15, 0.2) is 91.0 Å². The van der Waals surface area contributed by atoms with Crippen molar-refractivity contribution in [3.8, 4) is 0 Å². The molecule has 0 aliphatic carbocycles. The molecule has 3 aromatic carbocycles. The smallest absolute Gasteiger partial charge is 0.369 e. The molecule has 2 amide bonds. The lowest BCUT2D eigenvalue weighted by molar-refractivity contribution is -0.223. The Morgan fingerprint density at radius 3 is 1.56 bits per heavy atom. The number of carbonyl (C=O) groups is 2. The number of amides is 2. The summed E-state index contributed by atoms with van der Waals surface area (Å²) in [5.74, 6) is -2.93. The van der Waals surface area contributed by atoms with Crippen LogP contribution in [0.1, 0.15) is 37.5 Å². The van der Waals surface area contributed by atoms with E-state index in [-0.39, 0.29) is 19.8 Å². The van der Waals surface area contributed by atoms with E-state index in [1.54, 1.807) is 45.0 Å². The largest absolute Gasteiger partial charge is 0.471 e. The fourth-order valence-electron chi connectivity index (χ4n) is 4.93. The Morgan fingerprint density at radius 1 is 0.721 bits per heavy atom. The molecule has 4 atom stereocenters. The van der Waals surface area contributed by atoms with Crippen molar-refractivity contribution >= 4 is 11.8 Å². The van der Waals surface area contributed by atoms with Crippen molar-refractivity contribution in [2.75, 3.05) is 6.54 Å². The molecule has 0 aromatic heterocycles. The minimum absolute atomic E-state index is 0.0323. The van der Waals surface area contributed by atoms with Crippen molar-refractivity contribution in [2.45, 2.75) is 76.7 Å². The maximum atomic E-state index is 14.0. The average Bonchev–Trinajstić information content (AvgIpc) is 2.97. The molecule has 7 nitrogen and oxygen atoms in total. The number of piperidine rings is 1. The highest BCUT2D eigenvalue weighted by Gasteiger charge is 2.56. The summed E-state index contributed by atoms with van der Waals surface area (Å²) in [5.41, 5.74) is 1.54. The van der Waals surface area contributed by atoms with Crippen LogP contribution in [0.3, 0.4) is 0 Å². The Bertz CT molecular complexity index is 1320. The lowest BCUT2D eigenvalue weighted by atomic mass is 9.91. The predicted molar refractivity (Wildman–Crippen MR) is 155 cm³/mol. The first-order valence-corrected chi connectivity index (χ1v) is 14.1. The number of hydrogen-bond acceptors (Lipinski definition) is 5. The maximum absolute atomic E-state index is 14.0. The monoisotopic (exact) mass is 598 g/mol. The molecular formula is C33H37F3N2O5. The van der Waals surface area contributed by atoms with E-state index in [0.29, 0.717) is 4.90 Å². The highest BCUT2D eigenvalue weighted by Crippen LogP contribution is 2.32.